The molecule has 6 heteroatoms. The fourth-order valence-electron chi connectivity index (χ4n) is 2.05. The summed E-state index contributed by atoms with van der Waals surface area (Å²) in [6.07, 6.45) is 5.04. The predicted octanol–water partition coefficient (Wildman–Crippen LogP) is 3.78. The van der Waals surface area contributed by atoms with Crippen molar-refractivity contribution in [1.29, 1.82) is 0 Å². The monoisotopic (exact) mass is 340 g/mol. The highest BCUT2D eigenvalue weighted by Gasteiger charge is 2.12. The van der Waals surface area contributed by atoms with Gasteiger partial charge in [0.1, 0.15) is 19.0 Å². The van der Waals surface area contributed by atoms with E-state index in [-0.39, 0.29) is 12.6 Å². The molecule has 0 fully saturated rings. The van der Waals surface area contributed by atoms with E-state index in [0.29, 0.717) is 12.2 Å². The molecule has 0 saturated heterocycles. The number of benzene rings is 1. The van der Waals surface area contributed by atoms with E-state index in [1.54, 1.807) is 12.4 Å². The Balaban J connectivity index is 1.51. The van der Waals surface area contributed by atoms with Gasteiger partial charge in [-0.25, -0.2) is 4.79 Å². The van der Waals surface area contributed by atoms with Gasteiger partial charge >= 0.3 is 5.97 Å². The van der Waals surface area contributed by atoms with Gasteiger partial charge in [0.15, 0.2) is 0 Å². The second-order valence-corrected chi connectivity index (χ2v) is 6.17. The quantitative estimate of drug-likeness (QED) is 0.639. The minimum Gasteiger partial charge on any atom is -0.489 e. The SMILES string of the molecule is Cc1sncc1C(=O)OCc1ccc(OCc2cccnc2)cc1. The third-order valence-corrected chi connectivity index (χ3v) is 4.10. The molecule has 1 aromatic carbocycles. The first-order valence-electron chi connectivity index (χ1n) is 7.41. The fraction of sp³-hybridized carbons (Fsp3) is 0.167. The van der Waals surface area contributed by atoms with Crippen LogP contribution in [0.5, 0.6) is 5.75 Å². The maximum absolute atomic E-state index is 11.9. The van der Waals surface area contributed by atoms with Gasteiger partial charge in [0, 0.05) is 22.8 Å². The summed E-state index contributed by atoms with van der Waals surface area (Å²) in [7, 11) is 0. The van der Waals surface area contributed by atoms with Crippen molar-refractivity contribution in [3.63, 3.8) is 0 Å². The molecule has 0 N–H and O–H groups in total. The van der Waals surface area contributed by atoms with E-state index in [2.05, 4.69) is 9.36 Å². The molecule has 24 heavy (non-hydrogen) atoms. The van der Waals surface area contributed by atoms with Crippen LogP contribution in [-0.4, -0.2) is 15.3 Å². The summed E-state index contributed by atoms with van der Waals surface area (Å²) in [5.41, 5.74) is 2.43. The second kappa shape index (κ2) is 7.70. The molecule has 5 nitrogen and oxygen atoms in total. The van der Waals surface area contributed by atoms with Crippen molar-refractivity contribution in [3.8, 4) is 5.75 Å². The lowest BCUT2D eigenvalue weighted by Crippen LogP contribution is -2.05. The van der Waals surface area contributed by atoms with E-state index in [9.17, 15) is 4.79 Å². The first-order chi connectivity index (χ1) is 11.7. The van der Waals surface area contributed by atoms with Gasteiger partial charge in [-0.15, -0.1) is 0 Å². The molecule has 0 radical (unpaired) electrons. The first-order valence-corrected chi connectivity index (χ1v) is 8.19. The van der Waals surface area contributed by atoms with Crippen LogP contribution < -0.4 is 4.74 Å². The summed E-state index contributed by atoms with van der Waals surface area (Å²) >= 11 is 1.29. The Hall–Kier alpha value is -2.73. The summed E-state index contributed by atoms with van der Waals surface area (Å²) in [5.74, 6) is 0.407. The van der Waals surface area contributed by atoms with Crippen molar-refractivity contribution >= 4 is 17.5 Å². The van der Waals surface area contributed by atoms with Crippen LogP contribution in [0.25, 0.3) is 0 Å². The number of rotatable bonds is 6. The molecule has 122 valence electrons. The Morgan fingerprint density at radius 3 is 2.58 bits per heavy atom. The number of carbonyl (C=O) groups excluding carboxylic acids is 1. The lowest BCUT2D eigenvalue weighted by Gasteiger charge is -2.08. The number of aromatic nitrogens is 2. The van der Waals surface area contributed by atoms with Crippen molar-refractivity contribution in [3.05, 3.63) is 76.6 Å². The summed E-state index contributed by atoms with van der Waals surface area (Å²) < 4.78 is 15.0. The Morgan fingerprint density at radius 1 is 1.08 bits per heavy atom. The number of nitrogens with zero attached hydrogens (tertiary/aromatic N) is 2. The van der Waals surface area contributed by atoms with Gasteiger partial charge in [0.25, 0.3) is 0 Å². The molecule has 2 heterocycles. The van der Waals surface area contributed by atoms with Gasteiger partial charge in [-0.1, -0.05) is 18.2 Å². The smallest absolute Gasteiger partial charge is 0.341 e. The normalized spacial score (nSPS) is 10.4. The maximum atomic E-state index is 11.9. The highest BCUT2D eigenvalue weighted by molar-refractivity contribution is 7.06. The fourth-order valence-corrected chi connectivity index (χ4v) is 2.60. The van der Waals surface area contributed by atoms with Crippen molar-refractivity contribution < 1.29 is 14.3 Å². The molecule has 0 saturated carbocycles. The molecule has 0 unspecified atom stereocenters. The molecule has 0 aliphatic rings. The standard InChI is InChI=1S/C18H16N2O3S/c1-13-17(10-20-24-13)18(21)23-11-14-4-6-16(7-5-14)22-12-15-3-2-8-19-9-15/h2-10H,11-12H2,1H3. The Morgan fingerprint density at radius 2 is 1.92 bits per heavy atom. The van der Waals surface area contributed by atoms with E-state index < -0.39 is 0 Å². The molecule has 0 spiro atoms. The van der Waals surface area contributed by atoms with Gasteiger partial charge in [0.05, 0.1) is 11.8 Å². The third kappa shape index (κ3) is 4.17. The molecule has 0 aliphatic heterocycles. The number of ether oxygens (including phenoxy) is 2. The van der Waals surface area contributed by atoms with Crippen molar-refractivity contribution in [2.75, 3.05) is 0 Å². The predicted molar refractivity (Wildman–Crippen MR) is 91.0 cm³/mol. The van der Waals surface area contributed by atoms with Crippen LogP contribution in [-0.2, 0) is 18.0 Å². The van der Waals surface area contributed by atoms with Gasteiger partial charge < -0.3 is 9.47 Å². The number of hydrogen-bond donors (Lipinski definition) is 0. The zero-order valence-electron chi connectivity index (χ0n) is 13.1. The average molecular weight is 340 g/mol. The van der Waals surface area contributed by atoms with E-state index in [4.69, 9.17) is 9.47 Å². The van der Waals surface area contributed by atoms with Crippen LogP contribution in [0.4, 0.5) is 0 Å². The molecular weight excluding hydrogens is 324 g/mol. The molecule has 3 rings (SSSR count). The van der Waals surface area contributed by atoms with E-state index in [1.165, 1.54) is 17.7 Å². The maximum Gasteiger partial charge on any atom is 0.341 e. The van der Waals surface area contributed by atoms with E-state index in [0.717, 1.165) is 21.8 Å². The summed E-state index contributed by atoms with van der Waals surface area (Å²) in [4.78, 5) is 16.8. The average Bonchev–Trinajstić information content (AvgIpc) is 3.06. The topological polar surface area (TPSA) is 61.3 Å². The summed E-state index contributed by atoms with van der Waals surface area (Å²) in [6, 6.07) is 11.3. The highest BCUT2D eigenvalue weighted by Crippen LogP contribution is 2.16. The lowest BCUT2D eigenvalue weighted by atomic mass is 10.2. The van der Waals surface area contributed by atoms with Gasteiger partial charge in [-0.05, 0) is 42.2 Å². The van der Waals surface area contributed by atoms with Crippen molar-refractivity contribution in [1.82, 2.24) is 9.36 Å². The minimum atomic E-state index is -0.349. The highest BCUT2D eigenvalue weighted by atomic mass is 32.1. The van der Waals surface area contributed by atoms with Crippen LogP contribution in [0.15, 0.2) is 55.0 Å². The molecule has 0 amide bonds. The van der Waals surface area contributed by atoms with Gasteiger partial charge in [-0.2, -0.15) is 4.37 Å². The Bertz CT molecular complexity index is 801. The molecular formula is C18H16N2O3S. The number of pyridine rings is 1. The number of aryl methyl sites for hydroxylation is 1. The molecule has 0 bridgehead atoms. The zero-order valence-corrected chi connectivity index (χ0v) is 14.0. The second-order valence-electron chi connectivity index (χ2n) is 5.17. The van der Waals surface area contributed by atoms with Crippen LogP contribution in [0.2, 0.25) is 0 Å². The minimum absolute atomic E-state index is 0.219. The van der Waals surface area contributed by atoms with E-state index >= 15 is 0 Å². The van der Waals surface area contributed by atoms with Crippen LogP contribution in [0.1, 0.15) is 26.4 Å². The first kappa shape index (κ1) is 16.1. The Labute approximate surface area is 144 Å². The number of hydrogen-bond acceptors (Lipinski definition) is 6. The van der Waals surface area contributed by atoms with Crippen molar-refractivity contribution in [2.24, 2.45) is 0 Å². The Kier molecular flexibility index (Phi) is 5.18. The molecule has 0 atom stereocenters. The molecule has 0 aliphatic carbocycles. The van der Waals surface area contributed by atoms with Crippen LogP contribution in [0.3, 0.4) is 0 Å². The summed E-state index contributed by atoms with van der Waals surface area (Å²) in [5, 5.41) is 0. The van der Waals surface area contributed by atoms with Gasteiger partial charge in [-0.3, -0.25) is 4.98 Å². The van der Waals surface area contributed by atoms with Crippen LogP contribution in [0, 0.1) is 6.92 Å². The van der Waals surface area contributed by atoms with Gasteiger partial charge in [0.2, 0.25) is 0 Å². The summed E-state index contributed by atoms with van der Waals surface area (Å²) in [6.45, 7) is 2.53. The zero-order chi connectivity index (χ0) is 16.8. The van der Waals surface area contributed by atoms with Crippen molar-refractivity contribution in [2.45, 2.75) is 20.1 Å². The molecule has 3 aromatic rings. The third-order valence-electron chi connectivity index (χ3n) is 3.39. The largest absolute Gasteiger partial charge is 0.489 e. The number of esters is 1. The molecule has 2 aromatic heterocycles. The van der Waals surface area contributed by atoms with E-state index in [1.807, 2.05) is 43.3 Å². The lowest BCUT2D eigenvalue weighted by molar-refractivity contribution is 0.0472. The van der Waals surface area contributed by atoms with Crippen LogP contribution >= 0.6 is 11.5 Å². The number of carbonyl (C=O) groups is 1.